The Labute approximate surface area is 113 Å². The molecule has 1 saturated heterocycles. The fourth-order valence-electron chi connectivity index (χ4n) is 3.16. The number of amides is 1. The number of hydrogen-bond acceptors (Lipinski definition) is 3. The summed E-state index contributed by atoms with van der Waals surface area (Å²) in [6.45, 7) is 0.690. The molecule has 1 atom stereocenters. The number of carbonyl (C=O) groups is 2. The highest BCUT2D eigenvalue weighted by Crippen LogP contribution is 2.30. The van der Waals surface area contributed by atoms with Gasteiger partial charge >= 0.3 is 5.97 Å². The number of carboxylic acids is 1. The van der Waals surface area contributed by atoms with Gasteiger partial charge in [0.1, 0.15) is 6.10 Å². The zero-order valence-electron chi connectivity index (χ0n) is 11.5. The van der Waals surface area contributed by atoms with E-state index in [4.69, 9.17) is 9.84 Å². The Morgan fingerprint density at radius 1 is 1.21 bits per heavy atom. The molecule has 2 fully saturated rings. The molecule has 1 aliphatic heterocycles. The second kappa shape index (κ2) is 6.37. The predicted octanol–water partition coefficient (Wildman–Crippen LogP) is 1.66. The molecule has 0 aromatic carbocycles. The Bertz CT molecular complexity index is 330. The topological polar surface area (TPSA) is 66.8 Å². The molecule has 1 saturated carbocycles. The van der Waals surface area contributed by atoms with Crippen LogP contribution in [0.25, 0.3) is 0 Å². The monoisotopic (exact) mass is 269 g/mol. The number of aliphatic carboxylic acids is 1. The number of rotatable bonds is 4. The maximum atomic E-state index is 12.2. The van der Waals surface area contributed by atoms with Crippen molar-refractivity contribution in [2.45, 2.75) is 57.1 Å². The van der Waals surface area contributed by atoms with Crippen LogP contribution >= 0.6 is 0 Å². The molecule has 0 aromatic heterocycles. The van der Waals surface area contributed by atoms with Gasteiger partial charge in [-0.2, -0.15) is 0 Å². The molecule has 1 unspecified atom stereocenters. The first-order valence-corrected chi connectivity index (χ1v) is 7.18. The normalized spacial score (nSPS) is 31.1. The van der Waals surface area contributed by atoms with Crippen LogP contribution in [0, 0.1) is 5.92 Å². The van der Waals surface area contributed by atoms with Gasteiger partial charge in [-0.05, 0) is 44.4 Å². The van der Waals surface area contributed by atoms with Crippen LogP contribution in [0.1, 0.15) is 44.9 Å². The molecular weight excluding hydrogens is 246 g/mol. The van der Waals surface area contributed by atoms with Gasteiger partial charge in [0.25, 0.3) is 5.91 Å². The van der Waals surface area contributed by atoms with E-state index in [1.54, 1.807) is 0 Å². The summed E-state index contributed by atoms with van der Waals surface area (Å²) in [6.07, 6.45) is 5.44. The zero-order valence-corrected chi connectivity index (χ0v) is 11.5. The highest BCUT2D eigenvalue weighted by molar-refractivity contribution is 5.81. The Morgan fingerprint density at radius 3 is 2.42 bits per heavy atom. The van der Waals surface area contributed by atoms with Gasteiger partial charge in [0.2, 0.25) is 0 Å². The minimum Gasteiger partial charge on any atom is -0.481 e. The van der Waals surface area contributed by atoms with E-state index in [0.717, 1.165) is 38.5 Å². The molecule has 1 N–H and O–H groups in total. The Balaban J connectivity index is 1.79. The largest absolute Gasteiger partial charge is 0.481 e. The predicted molar refractivity (Wildman–Crippen MR) is 69.7 cm³/mol. The van der Waals surface area contributed by atoms with Crippen molar-refractivity contribution in [2.75, 3.05) is 13.7 Å². The van der Waals surface area contributed by atoms with Crippen LogP contribution in [0.4, 0.5) is 0 Å². The van der Waals surface area contributed by atoms with Gasteiger partial charge in [0.15, 0.2) is 0 Å². The molecule has 0 aromatic rings. The van der Waals surface area contributed by atoms with Crippen molar-refractivity contribution >= 4 is 11.9 Å². The highest BCUT2D eigenvalue weighted by Gasteiger charge is 2.32. The lowest BCUT2D eigenvalue weighted by molar-refractivity contribution is -0.143. The van der Waals surface area contributed by atoms with Gasteiger partial charge in [-0.25, -0.2) is 0 Å². The Kier molecular flexibility index (Phi) is 4.80. The summed E-state index contributed by atoms with van der Waals surface area (Å²) >= 11 is 0. The molecular formula is C14H23NO4. The second-order valence-corrected chi connectivity index (χ2v) is 5.72. The number of ether oxygens (including phenoxy) is 1. The summed E-state index contributed by atoms with van der Waals surface area (Å²) < 4.78 is 5.43. The van der Waals surface area contributed by atoms with Gasteiger partial charge in [0.05, 0.1) is 0 Å². The average Bonchev–Trinajstić information content (AvgIpc) is 2.91. The summed E-state index contributed by atoms with van der Waals surface area (Å²) in [7, 11) is 1.85. The molecule has 108 valence electrons. The van der Waals surface area contributed by atoms with E-state index in [9.17, 15) is 9.59 Å². The number of nitrogens with zero attached hydrogens (tertiary/aromatic N) is 1. The van der Waals surface area contributed by atoms with Gasteiger partial charge in [-0.15, -0.1) is 0 Å². The fraction of sp³-hybridized carbons (Fsp3) is 0.857. The molecule has 5 nitrogen and oxygen atoms in total. The van der Waals surface area contributed by atoms with Crippen LogP contribution in [0.5, 0.6) is 0 Å². The van der Waals surface area contributed by atoms with E-state index in [1.807, 2.05) is 11.9 Å². The Hall–Kier alpha value is -1.10. The number of likely N-dealkylation sites (N-methyl/N-ethyl adjacent to an activating group) is 1. The van der Waals surface area contributed by atoms with Crippen LogP contribution in [-0.4, -0.2) is 47.7 Å². The summed E-state index contributed by atoms with van der Waals surface area (Å²) in [4.78, 5) is 24.7. The lowest BCUT2D eigenvalue weighted by Gasteiger charge is -2.35. The number of hydrogen-bond donors (Lipinski definition) is 1. The number of carbonyl (C=O) groups excluding carboxylic acids is 1. The Morgan fingerprint density at radius 2 is 1.89 bits per heavy atom. The van der Waals surface area contributed by atoms with E-state index in [0.29, 0.717) is 6.61 Å². The SMILES string of the molecule is CN(C(=O)C1CCCO1)C1CCC(CC(=O)O)CC1. The lowest BCUT2D eigenvalue weighted by Crippen LogP contribution is -2.44. The van der Waals surface area contributed by atoms with Gasteiger partial charge < -0.3 is 14.7 Å². The summed E-state index contributed by atoms with van der Waals surface area (Å²) in [6, 6.07) is 0.252. The fourth-order valence-corrected chi connectivity index (χ4v) is 3.16. The molecule has 0 bridgehead atoms. The summed E-state index contributed by atoms with van der Waals surface area (Å²) in [5.74, 6) is -0.341. The van der Waals surface area contributed by atoms with E-state index < -0.39 is 5.97 Å². The highest BCUT2D eigenvalue weighted by atomic mass is 16.5. The molecule has 5 heteroatoms. The third-order valence-electron chi connectivity index (χ3n) is 4.38. The molecule has 1 aliphatic carbocycles. The molecule has 1 heterocycles. The van der Waals surface area contributed by atoms with Crippen molar-refractivity contribution in [3.63, 3.8) is 0 Å². The van der Waals surface area contributed by atoms with Crippen molar-refractivity contribution in [1.29, 1.82) is 0 Å². The van der Waals surface area contributed by atoms with E-state index >= 15 is 0 Å². The molecule has 1 amide bonds. The minimum absolute atomic E-state index is 0.0965. The van der Waals surface area contributed by atoms with E-state index in [1.165, 1.54) is 0 Å². The van der Waals surface area contributed by atoms with Crippen molar-refractivity contribution in [1.82, 2.24) is 4.90 Å². The maximum absolute atomic E-state index is 12.2. The van der Waals surface area contributed by atoms with Crippen molar-refractivity contribution in [3.05, 3.63) is 0 Å². The smallest absolute Gasteiger partial charge is 0.303 e. The molecule has 2 aliphatic rings. The molecule has 2 rings (SSSR count). The molecule has 19 heavy (non-hydrogen) atoms. The van der Waals surface area contributed by atoms with Crippen LogP contribution in [0.3, 0.4) is 0 Å². The first kappa shape index (κ1) is 14.3. The zero-order chi connectivity index (χ0) is 13.8. The lowest BCUT2D eigenvalue weighted by atomic mass is 9.83. The van der Waals surface area contributed by atoms with Crippen LogP contribution in [0.15, 0.2) is 0 Å². The quantitative estimate of drug-likeness (QED) is 0.843. The second-order valence-electron chi connectivity index (χ2n) is 5.72. The first-order chi connectivity index (χ1) is 9.08. The van der Waals surface area contributed by atoms with Gasteiger partial charge in [-0.3, -0.25) is 9.59 Å². The van der Waals surface area contributed by atoms with Crippen molar-refractivity contribution in [3.8, 4) is 0 Å². The molecule has 0 spiro atoms. The van der Waals surface area contributed by atoms with Crippen LogP contribution in [-0.2, 0) is 14.3 Å². The third kappa shape index (κ3) is 3.69. The number of carboxylic acid groups (broad SMARTS) is 1. The van der Waals surface area contributed by atoms with Crippen molar-refractivity contribution < 1.29 is 19.4 Å². The third-order valence-corrected chi connectivity index (χ3v) is 4.38. The first-order valence-electron chi connectivity index (χ1n) is 7.18. The van der Waals surface area contributed by atoms with Gasteiger partial charge in [0, 0.05) is 26.1 Å². The van der Waals surface area contributed by atoms with Crippen LogP contribution in [0.2, 0.25) is 0 Å². The van der Waals surface area contributed by atoms with E-state index in [2.05, 4.69) is 0 Å². The molecule has 0 radical (unpaired) electrons. The maximum Gasteiger partial charge on any atom is 0.303 e. The minimum atomic E-state index is -0.716. The van der Waals surface area contributed by atoms with Crippen molar-refractivity contribution in [2.24, 2.45) is 5.92 Å². The summed E-state index contributed by atoms with van der Waals surface area (Å²) in [5, 5.41) is 8.79. The van der Waals surface area contributed by atoms with Crippen LogP contribution < -0.4 is 0 Å². The van der Waals surface area contributed by atoms with Gasteiger partial charge in [-0.1, -0.05) is 0 Å². The average molecular weight is 269 g/mol. The summed E-state index contributed by atoms with van der Waals surface area (Å²) in [5.41, 5.74) is 0. The standard InChI is InChI=1S/C14H23NO4/c1-15(14(18)12-3-2-8-19-12)11-6-4-10(5-7-11)9-13(16)17/h10-12H,2-9H2,1H3,(H,16,17). The van der Waals surface area contributed by atoms with E-state index in [-0.39, 0.29) is 30.4 Å².